The molecular formula is C16H12N6. The van der Waals surface area contributed by atoms with Crippen molar-refractivity contribution in [2.24, 2.45) is 0 Å². The average Bonchev–Trinajstić information content (AvgIpc) is 2.96. The van der Waals surface area contributed by atoms with Crippen molar-refractivity contribution in [1.29, 1.82) is 0 Å². The topological polar surface area (TPSA) is 82.0 Å². The number of hydrogen-bond acceptors (Lipinski definition) is 5. The number of fused-ring (bicyclic) bond motifs is 1. The summed E-state index contributed by atoms with van der Waals surface area (Å²) in [5.74, 6) is 0.621. The molecule has 2 aromatic heterocycles. The van der Waals surface area contributed by atoms with Gasteiger partial charge in [0.1, 0.15) is 0 Å². The highest BCUT2D eigenvalue weighted by Gasteiger charge is 2.07. The van der Waals surface area contributed by atoms with Gasteiger partial charge >= 0.3 is 0 Å². The summed E-state index contributed by atoms with van der Waals surface area (Å²) in [4.78, 5) is 4.42. The van der Waals surface area contributed by atoms with E-state index in [1.54, 1.807) is 6.20 Å². The van der Waals surface area contributed by atoms with Crippen molar-refractivity contribution in [3.63, 3.8) is 0 Å². The van der Waals surface area contributed by atoms with E-state index in [-0.39, 0.29) is 5.95 Å². The fourth-order valence-electron chi connectivity index (χ4n) is 2.32. The first-order chi connectivity index (χ1) is 10.8. The lowest BCUT2D eigenvalue weighted by molar-refractivity contribution is 0.913. The molecule has 2 aromatic carbocycles. The number of benzene rings is 2. The number of anilines is 1. The van der Waals surface area contributed by atoms with Gasteiger partial charge in [-0.05, 0) is 11.1 Å². The second kappa shape index (κ2) is 4.92. The van der Waals surface area contributed by atoms with E-state index >= 15 is 0 Å². The monoisotopic (exact) mass is 288 g/mol. The second-order valence-corrected chi connectivity index (χ2v) is 4.85. The van der Waals surface area contributed by atoms with Crippen LogP contribution < -0.4 is 5.73 Å². The summed E-state index contributed by atoms with van der Waals surface area (Å²) in [5, 5.41) is 11.8. The Hall–Kier alpha value is -3.28. The number of nitrogens with two attached hydrogens (primary N) is 1. The molecule has 0 unspecified atom stereocenters. The molecule has 106 valence electrons. The van der Waals surface area contributed by atoms with Crippen molar-refractivity contribution in [2.75, 3.05) is 5.73 Å². The van der Waals surface area contributed by atoms with E-state index in [1.165, 1.54) is 10.1 Å². The van der Waals surface area contributed by atoms with Gasteiger partial charge in [0, 0.05) is 5.56 Å². The standard InChI is InChI=1S/C16H12N6/c17-15-20-21-16-19-14(10-18-22(15)16)13-8-6-12(7-9-13)11-4-2-1-3-5-11/h1-10H,(H2,17,20). The molecule has 6 heteroatoms. The van der Waals surface area contributed by atoms with Crippen LogP contribution in [-0.2, 0) is 0 Å². The summed E-state index contributed by atoms with van der Waals surface area (Å²) in [6.45, 7) is 0. The molecule has 4 rings (SSSR count). The Morgan fingerprint density at radius 2 is 1.45 bits per heavy atom. The van der Waals surface area contributed by atoms with Crippen LogP contribution in [0.25, 0.3) is 28.2 Å². The van der Waals surface area contributed by atoms with Crippen molar-refractivity contribution in [1.82, 2.24) is 24.8 Å². The maximum absolute atomic E-state index is 5.64. The van der Waals surface area contributed by atoms with Gasteiger partial charge in [0.2, 0.25) is 5.95 Å². The Bertz CT molecular complexity index is 928. The Morgan fingerprint density at radius 3 is 2.23 bits per heavy atom. The highest BCUT2D eigenvalue weighted by Crippen LogP contribution is 2.23. The van der Waals surface area contributed by atoms with Crippen LogP contribution in [0.1, 0.15) is 0 Å². The lowest BCUT2D eigenvalue weighted by Gasteiger charge is -2.04. The molecule has 2 heterocycles. The highest BCUT2D eigenvalue weighted by molar-refractivity contribution is 5.68. The fraction of sp³-hybridized carbons (Fsp3) is 0. The smallest absolute Gasteiger partial charge is 0.274 e. The van der Waals surface area contributed by atoms with Crippen LogP contribution in [0.2, 0.25) is 0 Å². The molecule has 4 aromatic rings. The first-order valence-electron chi connectivity index (χ1n) is 6.81. The van der Waals surface area contributed by atoms with E-state index in [0.29, 0.717) is 5.78 Å². The second-order valence-electron chi connectivity index (χ2n) is 4.85. The molecule has 0 atom stereocenters. The first-order valence-corrected chi connectivity index (χ1v) is 6.81. The van der Waals surface area contributed by atoms with Crippen LogP contribution in [0.5, 0.6) is 0 Å². The molecule has 2 N–H and O–H groups in total. The fourth-order valence-corrected chi connectivity index (χ4v) is 2.32. The number of nitrogen functional groups attached to an aromatic ring is 1. The summed E-state index contributed by atoms with van der Waals surface area (Å²) >= 11 is 0. The summed E-state index contributed by atoms with van der Waals surface area (Å²) in [7, 11) is 0. The number of hydrogen-bond donors (Lipinski definition) is 1. The van der Waals surface area contributed by atoms with E-state index in [4.69, 9.17) is 5.73 Å². The SMILES string of the molecule is Nc1nnc2nc(-c3ccc(-c4ccccc4)cc3)cnn12. The van der Waals surface area contributed by atoms with Gasteiger partial charge in [-0.25, -0.2) is 4.98 Å². The van der Waals surface area contributed by atoms with Gasteiger partial charge in [0.05, 0.1) is 11.9 Å². The Morgan fingerprint density at radius 1 is 0.773 bits per heavy atom. The van der Waals surface area contributed by atoms with E-state index in [0.717, 1.165) is 16.8 Å². The summed E-state index contributed by atoms with van der Waals surface area (Å²) in [5.41, 5.74) is 9.68. The molecule has 0 fully saturated rings. The van der Waals surface area contributed by atoms with E-state index in [9.17, 15) is 0 Å². The normalized spacial score (nSPS) is 10.9. The zero-order valence-corrected chi connectivity index (χ0v) is 11.6. The van der Waals surface area contributed by atoms with Gasteiger partial charge in [0.15, 0.2) is 0 Å². The Balaban J connectivity index is 1.72. The quantitative estimate of drug-likeness (QED) is 0.612. The molecule has 0 aliphatic rings. The number of aromatic nitrogens is 5. The van der Waals surface area contributed by atoms with Crippen molar-refractivity contribution in [3.8, 4) is 22.4 Å². The number of rotatable bonds is 2. The largest absolute Gasteiger partial charge is 0.366 e. The van der Waals surface area contributed by atoms with E-state index in [1.807, 2.05) is 30.3 Å². The third-order valence-corrected chi connectivity index (χ3v) is 3.45. The van der Waals surface area contributed by atoms with Gasteiger partial charge in [-0.2, -0.15) is 9.61 Å². The lowest BCUT2D eigenvalue weighted by Crippen LogP contribution is -2.00. The molecular weight excluding hydrogens is 276 g/mol. The predicted molar refractivity (Wildman–Crippen MR) is 83.9 cm³/mol. The molecule has 0 aliphatic carbocycles. The molecule has 0 saturated carbocycles. The van der Waals surface area contributed by atoms with Crippen molar-refractivity contribution in [2.45, 2.75) is 0 Å². The van der Waals surface area contributed by atoms with Gasteiger partial charge in [-0.1, -0.05) is 54.6 Å². The summed E-state index contributed by atoms with van der Waals surface area (Å²) in [6, 6.07) is 18.4. The summed E-state index contributed by atoms with van der Waals surface area (Å²) in [6.07, 6.45) is 1.66. The van der Waals surface area contributed by atoms with Crippen LogP contribution in [0.4, 0.5) is 5.95 Å². The minimum Gasteiger partial charge on any atom is -0.366 e. The van der Waals surface area contributed by atoms with Crippen molar-refractivity contribution < 1.29 is 0 Å². The van der Waals surface area contributed by atoms with E-state index < -0.39 is 0 Å². The molecule has 0 radical (unpaired) electrons. The zero-order chi connectivity index (χ0) is 14.9. The highest BCUT2D eigenvalue weighted by atomic mass is 15.4. The molecule has 0 bridgehead atoms. The van der Waals surface area contributed by atoms with Gasteiger partial charge in [-0.15, -0.1) is 10.2 Å². The molecule has 0 amide bonds. The van der Waals surface area contributed by atoms with Crippen molar-refractivity contribution in [3.05, 3.63) is 60.8 Å². The van der Waals surface area contributed by atoms with Crippen LogP contribution in [0, 0.1) is 0 Å². The van der Waals surface area contributed by atoms with Gasteiger partial charge in [-0.3, -0.25) is 0 Å². The zero-order valence-electron chi connectivity index (χ0n) is 11.6. The van der Waals surface area contributed by atoms with Gasteiger partial charge < -0.3 is 5.73 Å². The Kier molecular flexibility index (Phi) is 2.79. The molecule has 6 nitrogen and oxygen atoms in total. The van der Waals surface area contributed by atoms with Crippen molar-refractivity contribution >= 4 is 11.7 Å². The summed E-state index contributed by atoms with van der Waals surface area (Å²) < 4.78 is 1.40. The average molecular weight is 288 g/mol. The first kappa shape index (κ1) is 12.5. The van der Waals surface area contributed by atoms with Crippen LogP contribution in [0.15, 0.2) is 60.8 Å². The van der Waals surface area contributed by atoms with Gasteiger partial charge in [0.25, 0.3) is 5.78 Å². The molecule has 0 spiro atoms. The van der Waals surface area contributed by atoms with Crippen LogP contribution in [0.3, 0.4) is 0 Å². The Labute approximate surface area is 126 Å². The van der Waals surface area contributed by atoms with E-state index in [2.05, 4.69) is 44.5 Å². The van der Waals surface area contributed by atoms with Crippen LogP contribution in [-0.4, -0.2) is 24.8 Å². The third kappa shape index (κ3) is 2.07. The third-order valence-electron chi connectivity index (χ3n) is 3.45. The number of nitrogens with zero attached hydrogens (tertiary/aromatic N) is 5. The minimum atomic E-state index is 0.230. The molecule has 22 heavy (non-hydrogen) atoms. The molecule has 0 aliphatic heterocycles. The maximum atomic E-state index is 5.64. The van der Waals surface area contributed by atoms with Crippen LogP contribution >= 0.6 is 0 Å². The lowest BCUT2D eigenvalue weighted by atomic mass is 10.0. The predicted octanol–water partition coefficient (Wildman–Crippen LogP) is 2.44. The maximum Gasteiger partial charge on any atom is 0.274 e. The molecule has 0 saturated heterocycles. The minimum absolute atomic E-state index is 0.230.